The second-order valence-electron chi connectivity index (χ2n) is 18.6. The maximum absolute atomic E-state index is 12.7. The Balaban J connectivity index is 4.25. The first-order valence-electron chi connectivity index (χ1n) is 26.4. The Morgan fingerprint density at radius 3 is 0.831 bits per heavy atom. The highest BCUT2D eigenvalue weighted by molar-refractivity contribution is 5.71. The Labute approximate surface area is 368 Å². The predicted octanol–water partition coefficient (Wildman–Crippen LogP) is 17.1. The largest absolute Gasteiger partial charge is 0.462 e. The minimum absolute atomic E-state index is 0.0626. The first-order chi connectivity index (χ1) is 28.9. The summed E-state index contributed by atoms with van der Waals surface area (Å²) in [5.74, 6) is -0.00414. The molecule has 0 heterocycles. The number of hydrogen-bond acceptors (Lipinski definition) is 6. The molecule has 0 aliphatic heterocycles. The maximum atomic E-state index is 12.7. The normalized spacial score (nSPS) is 11.9. The number of unbranched alkanes of at least 4 members (excludes halogenated alkanes) is 35. The summed E-state index contributed by atoms with van der Waals surface area (Å²) < 4.78 is 16.8. The minimum atomic E-state index is -0.760. The van der Waals surface area contributed by atoms with Gasteiger partial charge in [0.1, 0.15) is 13.2 Å². The lowest BCUT2D eigenvalue weighted by molar-refractivity contribution is -0.167. The van der Waals surface area contributed by atoms with Gasteiger partial charge in [0, 0.05) is 19.3 Å². The molecule has 6 nitrogen and oxygen atoms in total. The molecule has 0 aromatic rings. The predicted molar refractivity (Wildman–Crippen MR) is 252 cm³/mol. The molecule has 59 heavy (non-hydrogen) atoms. The third kappa shape index (κ3) is 47.3. The van der Waals surface area contributed by atoms with E-state index < -0.39 is 6.10 Å². The molecule has 0 spiro atoms. The van der Waals surface area contributed by atoms with Crippen LogP contribution in [0.4, 0.5) is 0 Å². The fourth-order valence-corrected chi connectivity index (χ4v) is 8.04. The number of rotatable bonds is 48. The van der Waals surface area contributed by atoms with Crippen LogP contribution in [-0.4, -0.2) is 37.2 Å². The fraction of sp³-hybridized carbons (Fsp3) is 0.943. The van der Waals surface area contributed by atoms with Crippen molar-refractivity contribution in [1.29, 1.82) is 0 Å². The monoisotopic (exact) mass is 835 g/mol. The molecular weight excluding hydrogens is 733 g/mol. The third-order valence-corrected chi connectivity index (χ3v) is 12.0. The fourth-order valence-electron chi connectivity index (χ4n) is 8.04. The SMILES string of the molecule is CCCCCCCCCCCCCCCCCC(=O)OC[C@@H](COC(=O)CCCCCCCCCCCCCCCC(C)C)OC(=O)CCCCCCCCCCCC. The second kappa shape index (κ2) is 47.5. The van der Waals surface area contributed by atoms with Crippen LogP contribution in [0.5, 0.6) is 0 Å². The molecule has 0 aliphatic rings. The molecule has 0 bridgehead atoms. The summed E-state index contributed by atoms with van der Waals surface area (Å²) in [5, 5.41) is 0. The summed E-state index contributed by atoms with van der Waals surface area (Å²) in [7, 11) is 0. The van der Waals surface area contributed by atoms with Gasteiger partial charge in [-0.05, 0) is 25.2 Å². The van der Waals surface area contributed by atoms with Gasteiger partial charge in [-0.1, -0.05) is 259 Å². The number of carbonyl (C=O) groups excluding carboxylic acids is 3. The zero-order chi connectivity index (χ0) is 43.1. The quantitative estimate of drug-likeness (QED) is 0.0345. The van der Waals surface area contributed by atoms with Crippen molar-refractivity contribution in [3.05, 3.63) is 0 Å². The van der Waals surface area contributed by atoms with Crippen LogP contribution in [0.2, 0.25) is 0 Å². The van der Waals surface area contributed by atoms with Crippen molar-refractivity contribution in [2.45, 2.75) is 303 Å². The zero-order valence-electron chi connectivity index (χ0n) is 40.2. The summed E-state index contributed by atoms with van der Waals surface area (Å²) in [5.41, 5.74) is 0. The first kappa shape index (κ1) is 57.4. The van der Waals surface area contributed by atoms with Gasteiger partial charge < -0.3 is 14.2 Å². The van der Waals surface area contributed by atoms with E-state index in [9.17, 15) is 14.4 Å². The molecule has 0 fully saturated rings. The second-order valence-corrected chi connectivity index (χ2v) is 18.6. The molecule has 0 N–H and O–H groups in total. The lowest BCUT2D eigenvalue weighted by Gasteiger charge is -2.18. The van der Waals surface area contributed by atoms with E-state index in [0.717, 1.165) is 63.7 Å². The van der Waals surface area contributed by atoms with Gasteiger partial charge in [0.05, 0.1) is 0 Å². The highest BCUT2D eigenvalue weighted by Gasteiger charge is 2.19. The van der Waals surface area contributed by atoms with Crippen molar-refractivity contribution in [2.24, 2.45) is 5.92 Å². The van der Waals surface area contributed by atoms with E-state index in [4.69, 9.17) is 14.2 Å². The standard InChI is InChI=1S/C53H102O6/c1-5-7-9-11-13-15-17-18-19-22-25-29-32-36-40-44-51(54)57-47-50(59-53(56)46-42-38-34-28-16-14-12-10-8-6-2)48-58-52(55)45-41-37-33-30-26-23-20-21-24-27-31-35-39-43-49(3)4/h49-50H,5-48H2,1-4H3/t50-/m0/s1. The summed E-state index contributed by atoms with van der Waals surface area (Å²) >= 11 is 0. The number of ether oxygens (including phenoxy) is 3. The Bertz CT molecular complexity index is 887. The molecule has 350 valence electrons. The maximum Gasteiger partial charge on any atom is 0.306 e. The highest BCUT2D eigenvalue weighted by atomic mass is 16.6. The van der Waals surface area contributed by atoms with E-state index in [1.54, 1.807) is 0 Å². The zero-order valence-corrected chi connectivity index (χ0v) is 40.2. The molecular formula is C53H102O6. The topological polar surface area (TPSA) is 78.9 Å². The lowest BCUT2D eigenvalue weighted by atomic mass is 10.0. The van der Waals surface area contributed by atoms with Crippen LogP contribution in [0.1, 0.15) is 297 Å². The Hall–Kier alpha value is -1.59. The molecule has 0 rings (SSSR count). The molecule has 6 heteroatoms. The van der Waals surface area contributed by atoms with Crippen LogP contribution in [-0.2, 0) is 28.6 Å². The third-order valence-electron chi connectivity index (χ3n) is 12.0. The van der Waals surface area contributed by atoms with E-state index in [-0.39, 0.29) is 31.1 Å². The number of esters is 3. The molecule has 0 aromatic carbocycles. The van der Waals surface area contributed by atoms with Gasteiger partial charge in [-0.3, -0.25) is 14.4 Å². The van der Waals surface area contributed by atoms with Crippen LogP contribution in [0.3, 0.4) is 0 Å². The number of carbonyl (C=O) groups is 3. The average molecular weight is 835 g/mol. The van der Waals surface area contributed by atoms with Gasteiger partial charge in [0.15, 0.2) is 6.10 Å². The van der Waals surface area contributed by atoms with E-state index in [1.165, 1.54) is 193 Å². The summed E-state index contributed by atoms with van der Waals surface area (Å²) in [4.78, 5) is 37.9. The van der Waals surface area contributed by atoms with Gasteiger partial charge >= 0.3 is 17.9 Å². The summed E-state index contributed by atoms with van der Waals surface area (Å²) in [6, 6.07) is 0. The van der Waals surface area contributed by atoms with Crippen LogP contribution in [0.25, 0.3) is 0 Å². The molecule has 0 radical (unpaired) electrons. The Kier molecular flexibility index (Phi) is 46.2. The van der Waals surface area contributed by atoms with Crippen molar-refractivity contribution >= 4 is 17.9 Å². The minimum Gasteiger partial charge on any atom is -0.462 e. The van der Waals surface area contributed by atoms with Crippen molar-refractivity contribution in [2.75, 3.05) is 13.2 Å². The lowest BCUT2D eigenvalue weighted by Crippen LogP contribution is -2.30. The smallest absolute Gasteiger partial charge is 0.306 e. The van der Waals surface area contributed by atoms with Gasteiger partial charge in [0.2, 0.25) is 0 Å². The van der Waals surface area contributed by atoms with E-state index in [1.807, 2.05) is 0 Å². The van der Waals surface area contributed by atoms with Crippen molar-refractivity contribution in [3.8, 4) is 0 Å². The molecule has 0 unspecified atom stereocenters. The van der Waals surface area contributed by atoms with Crippen molar-refractivity contribution in [3.63, 3.8) is 0 Å². The van der Waals surface area contributed by atoms with Gasteiger partial charge in [-0.15, -0.1) is 0 Å². The molecule has 0 saturated heterocycles. The van der Waals surface area contributed by atoms with Gasteiger partial charge in [-0.25, -0.2) is 0 Å². The number of hydrogen-bond donors (Lipinski definition) is 0. The average Bonchev–Trinajstić information content (AvgIpc) is 3.22. The summed E-state index contributed by atoms with van der Waals surface area (Å²) in [6.07, 6.45) is 49.4. The van der Waals surface area contributed by atoms with E-state index >= 15 is 0 Å². The van der Waals surface area contributed by atoms with Gasteiger partial charge in [-0.2, -0.15) is 0 Å². The Morgan fingerprint density at radius 2 is 0.559 bits per heavy atom. The molecule has 1 atom stereocenters. The summed E-state index contributed by atoms with van der Waals surface area (Å²) in [6.45, 7) is 9.03. The molecule has 0 saturated carbocycles. The first-order valence-corrected chi connectivity index (χ1v) is 26.4. The van der Waals surface area contributed by atoms with Gasteiger partial charge in [0.25, 0.3) is 0 Å². The van der Waals surface area contributed by atoms with Crippen molar-refractivity contribution in [1.82, 2.24) is 0 Å². The van der Waals surface area contributed by atoms with Crippen LogP contribution in [0, 0.1) is 5.92 Å². The van der Waals surface area contributed by atoms with Crippen molar-refractivity contribution < 1.29 is 28.6 Å². The van der Waals surface area contributed by atoms with Crippen LogP contribution >= 0.6 is 0 Å². The molecule has 0 amide bonds. The molecule has 0 aromatic heterocycles. The van der Waals surface area contributed by atoms with E-state index in [0.29, 0.717) is 19.3 Å². The highest BCUT2D eigenvalue weighted by Crippen LogP contribution is 2.17. The van der Waals surface area contributed by atoms with E-state index in [2.05, 4.69) is 27.7 Å². The Morgan fingerprint density at radius 1 is 0.322 bits per heavy atom. The van der Waals surface area contributed by atoms with Crippen LogP contribution in [0.15, 0.2) is 0 Å². The van der Waals surface area contributed by atoms with Crippen LogP contribution < -0.4 is 0 Å². The molecule has 0 aliphatic carbocycles.